The predicted octanol–water partition coefficient (Wildman–Crippen LogP) is 2.01. The molecule has 24 heavy (non-hydrogen) atoms. The molecule has 3 heterocycles. The van der Waals surface area contributed by atoms with Crippen molar-refractivity contribution in [2.45, 2.75) is 20.3 Å². The Bertz CT molecular complexity index is 875. The quantitative estimate of drug-likeness (QED) is 0.746. The molecule has 3 aromatic rings. The lowest BCUT2D eigenvalue weighted by Gasteiger charge is -2.18. The summed E-state index contributed by atoms with van der Waals surface area (Å²) in [4.78, 5) is 4.31. The number of pyridine rings is 1. The summed E-state index contributed by atoms with van der Waals surface area (Å²) in [6.45, 7) is 5.23. The van der Waals surface area contributed by atoms with Gasteiger partial charge >= 0.3 is 0 Å². The van der Waals surface area contributed by atoms with Crippen molar-refractivity contribution in [3.05, 3.63) is 36.5 Å². The number of nitrogens with zero attached hydrogens (tertiary/aromatic N) is 5. The number of hydrogen-bond donors (Lipinski definition) is 2. The fraction of sp³-hybridized carbons (Fsp3) is 0.412. The first-order chi connectivity index (χ1) is 11.5. The van der Waals surface area contributed by atoms with Crippen LogP contribution in [0.5, 0.6) is 0 Å². The molecule has 0 bridgehead atoms. The maximum atomic E-state index is 9.71. The van der Waals surface area contributed by atoms with Gasteiger partial charge in [0.25, 0.3) is 0 Å². The standard InChI is InChI=1S/C17H20N6O/c1-16(2)9-17(16,11-24)10-19-13-6-7-14-20-21-15(23(14)22-13)12-5-3-4-8-18-12/h3-8,24H,9-11H2,1-2H3,(H,19,22). The number of nitrogens with one attached hydrogen (secondary N) is 1. The van der Waals surface area contributed by atoms with Gasteiger partial charge in [0, 0.05) is 18.2 Å². The van der Waals surface area contributed by atoms with Crippen molar-refractivity contribution in [3.8, 4) is 11.5 Å². The van der Waals surface area contributed by atoms with Crippen LogP contribution in [0, 0.1) is 10.8 Å². The second-order valence-electron chi connectivity index (χ2n) is 7.08. The van der Waals surface area contributed by atoms with Crippen molar-refractivity contribution in [2.75, 3.05) is 18.5 Å². The maximum absolute atomic E-state index is 9.71. The van der Waals surface area contributed by atoms with Gasteiger partial charge in [-0.05, 0) is 36.1 Å². The minimum absolute atomic E-state index is 0.0688. The fourth-order valence-corrected chi connectivity index (χ4v) is 3.23. The van der Waals surface area contributed by atoms with Crippen LogP contribution in [0.4, 0.5) is 5.82 Å². The highest BCUT2D eigenvalue weighted by Gasteiger charge is 2.60. The molecule has 4 rings (SSSR count). The van der Waals surface area contributed by atoms with E-state index in [9.17, 15) is 5.11 Å². The van der Waals surface area contributed by atoms with E-state index in [2.05, 4.69) is 39.4 Å². The number of fused-ring (bicyclic) bond motifs is 1. The van der Waals surface area contributed by atoms with E-state index in [-0.39, 0.29) is 17.4 Å². The lowest BCUT2D eigenvalue weighted by atomic mass is 9.97. The normalized spacial score (nSPS) is 21.8. The van der Waals surface area contributed by atoms with Crippen LogP contribution in [0.15, 0.2) is 36.5 Å². The van der Waals surface area contributed by atoms with Gasteiger partial charge in [-0.1, -0.05) is 19.9 Å². The number of rotatable bonds is 5. The average Bonchev–Trinajstić information content (AvgIpc) is 2.94. The van der Waals surface area contributed by atoms with Crippen molar-refractivity contribution >= 4 is 11.5 Å². The zero-order valence-corrected chi connectivity index (χ0v) is 13.8. The Morgan fingerprint density at radius 3 is 2.71 bits per heavy atom. The number of anilines is 1. The van der Waals surface area contributed by atoms with Crippen LogP contribution in [0.1, 0.15) is 20.3 Å². The summed E-state index contributed by atoms with van der Waals surface area (Å²) in [5.74, 6) is 1.34. The molecule has 0 aromatic carbocycles. The first kappa shape index (κ1) is 15.0. The molecule has 0 aliphatic heterocycles. The van der Waals surface area contributed by atoms with Crippen molar-refractivity contribution < 1.29 is 5.11 Å². The van der Waals surface area contributed by atoms with E-state index in [0.717, 1.165) is 17.9 Å². The van der Waals surface area contributed by atoms with Gasteiger partial charge < -0.3 is 10.4 Å². The third-order valence-electron chi connectivity index (χ3n) is 5.16. The van der Waals surface area contributed by atoms with E-state index in [1.807, 2.05) is 30.3 Å². The second kappa shape index (κ2) is 5.24. The van der Waals surface area contributed by atoms with Crippen LogP contribution in [0.3, 0.4) is 0 Å². The minimum Gasteiger partial charge on any atom is -0.396 e. The van der Waals surface area contributed by atoms with Gasteiger partial charge in [-0.15, -0.1) is 15.3 Å². The molecule has 1 fully saturated rings. The molecule has 0 amide bonds. The van der Waals surface area contributed by atoms with E-state index in [0.29, 0.717) is 18.0 Å². The molecule has 2 N–H and O–H groups in total. The predicted molar refractivity (Wildman–Crippen MR) is 90.4 cm³/mol. The van der Waals surface area contributed by atoms with Crippen LogP contribution >= 0.6 is 0 Å². The Morgan fingerprint density at radius 1 is 1.21 bits per heavy atom. The number of hydrogen-bond acceptors (Lipinski definition) is 6. The number of aromatic nitrogens is 5. The zero-order chi connectivity index (χ0) is 16.8. The van der Waals surface area contributed by atoms with Gasteiger partial charge in [0.15, 0.2) is 5.65 Å². The van der Waals surface area contributed by atoms with Crippen LogP contribution in [-0.4, -0.2) is 43.1 Å². The molecule has 1 atom stereocenters. The van der Waals surface area contributed by atoms with Gasteiger partial charge in [-0.25, -0.2) is 0 Å². The average molecular weight is 324 g/mol. The molecule has 1 aliphatic carbocycles. The Kier molecular flexibility index (Phi) is 3.28. The van der Waals surface area contributed by atoms with Gasteiger partial charge in [0.05, 0.1) is 6.61 Å². The minimum atomic E-state index is -0.0688. The molecule has 0 radical (unpaired) electrons. The molecule has 1 saturated carbocycles. The molecule has 124 valence electrons. The molecule has 1 aliphatic rings. The van der Waals surface area contributed by atoms with Gasteiger partial charge in [-0.3, -0.25) is 4.98 Å². The number of aliphatic hydroxyl groups excluding tert-OH is 1. The van der Waals surface area contributed by atoms with Crippen LogP contribution in [0.25, 0.3) is 17.2 Å². The van der Waals surface area contributed by atoms with E-state index >= 15 is 0 Å². The first-order valence-corrected chi connectivity index (χ1v) is 8.03. The SMILES string of the molecule is CC1(C)CC1(CO)CNc1ccc2nnc(-c3ccccn3)n2n1. The zero-order valence-electron chi connectivity index (χ0n) is 13.8. The Hall–Kier alpha value is -2.54. The lowest BCUT2D eigenvalue weighted by Crippen LogP contribution is -2.24. The summed E-state index contributed by atoms with van der Waals surface area (Å²) in [5, 5.41) is 26.0. The first-order valence-electron chi connectivity index (χ1n) is 8.03. The fourth-order valence-electron chi connectivity index (χ4n) is 3.23. The lowest BCUT2D eigenvalue weighted by molar-refractivity contribution is 0.189. The Balaban J connectivity index is 1.62. The third kappa shape index (κ3) is 2.32. The van der Waals surface area contributed by atoms with Crippen LogP contribution in [-0.2, 0) is 0 Å². The molecule has 0 saturated heterocycles. The molecular weight excluding hydrogens is 304 g/mol. The summed E-state index contributed by atoms with van der Waals surface area (Å²) in [5.41, 5.74) is 1.49. The van der Waals surface area contributed by atoms with Crippen molar-refractivity contribution in [1.82, 2.24) is 24.8 Å². The third-order valence-corrected chi connectivity index (χ3v) is 5.16. The Labute approximate surface area is 139 Å². The van der Waals surface area contributed by atoms with E-state index in [4.69, 9.17) is 0 Å². The second-order valence-corrected chi connectivity index (χ2v) is 7.08. The highest BCUT2D eigenvalue weighted by atomic mass is 16.3. The summed E-state index contributed by atoms with van der Waals surface area (Å²) in [6.07, 6.45) is 2.73. The summed E-state index contributed by atoms with van der Waals surface area (Å²) < 4.78 is 1.69. The van der Waals surface area contributed by atoms with Gasteiger partial charge in [0.1, 0.15) is 11.5 Å². The monoisotopic (exact) mass is 324 g/mol. The van der Waals surface area contributed by atoms with E-state index in [1.54, 1.807) is 10.7 Å². The highest BCUT2D eigenvalue weighted by molar-refractivity contribution is 5.55. The highest BCUT2D eigenvalue weighted by Crippen LogP contribution is 2.62. The van der Waals surface area contributed by atoms with E-state index in [1.165, 1.54) is 0 Å². The molecule has 7 nitrogen and oxygen atoms in total. The molecular formula is C17H20N6O. The molecule has 1 unspecified atom stereocenters. The number of aliphatic hydroxyl groups is 1. The van der Waals surface area contributed by atoms with Crippen LogP contribution < -0.4 is 5.32 Å². The summed E-state index contributed by atoms with van der Waals surface area (Å²) in [7, 11) is 0. The van der Waals surface area contributed by atoms with Gasteiger partial charge in [-0.2, -0.15) is 4.52 Å². The molecule has 3 aromatic heterocycles. The largest absolute Gasteiger partial charge is 0.396 e. The molecule has 7 heteroatoms. The summed E-state index contributed by atoms with van der Waals surface area (Å²) in [6, 6.07) is 9.40. The van der Waals surface area contributed by atoms with Crippen molar-refractivity contribution in [2.24, 2.45) is 10.8 Å². The van der Waals surface area contributed by atoms with Crippen molar-refractivity contribution in [3.63, 3.8) is 0 Å². The smallest absolute Gasteiger partial charge is 0.203 e. The van der Waals surface area contributed by atoms with Crippen molar-refractivity contribution in [1.29, 1.82) is 0 Å². The topological polar surface area (TPSA) is 88.2 Å². The van der Waals surface area contributed by atoms with Gasteiger partial charge in [0.2, 0.25) is 5.82 Å². The maximum Gasteiger partial charge on any atom is 0.203 e. The Morgan fingerprint density at radius 2 is 2.04 bits per heavy atom. The van der Waals surface area contributed by atoms with E-state index < -0.39 is 0 Å². The van der Waals surface area contributed by atoms with Crippen LogP contribution in [0.2, 0.25) is 0 Å². The summed E-state index contributed by atoms with van der Waals surface area (Å²) >= 11 is 0. The molecule has 0 spiro atoms.